The molecule has 3 rings (SSSR count). The van der Waals surface area contributed by atoms with E-state index in [0.717, 1.165) is 16.8 Å². The number of benzene rings is 3. The van der Waals surface area contributed by atoms with Crippen LogP contribution in [0.3, 0.4) is 0 Å². The van der Waals surface area contributed by atoms with E-state index in [2.05, 4.69) is 5.32 Å². The predicted octanol–water partition coefficient (Wildman–Crippen LogP) is 4.93. The van der Waals surface area contributed by atoms with Gasteiger partial charge in [-0.05, 0) is 54.5 Å². The summed E-state index contributed by atoms with van der Waals surface area (Å²) in [6.07, 6.45) is 3.16. The number of para-hydroxylation sites is 2. The number of carbonyl (C=O) groups excluding carboxylic acids is 2. The second kappa shape index (κ2) is 10.8. The van der Waals surface area contributed by atoms with Gasteiger partial charge in [-0.3, -0.25) is 9.59 Å². The first kappa shape index (κ1) is 22.6. The Labute approximate surface area is 187 Å². The van der Waals surface area contributed by atoms with Gasteiger partial charge in [-0.2, -0.15) is 0 Å². The van der Waals surface area contributed by atoms with Crippen molar-refractivity contribution < 1.29 is 23.8 Å². The van der Waals surface area contributed by atoms with Gasteiger partial charge in [0.2, 0.25) is 0 Å². The summed E-state index contributed by atoms with van der Waals surface area (Å²) in [7, 11) is 3.05. The first-order chi connectivity index (χ1) is 15.5. The Morgan fingerprint density at radius 3 is 2.34 bits per heavy atom. The second-order valence-corrected chi connectivity index (χ2v) is 6.96. The van der Waals surface area contributed by atoms with E-state index in [1.165, 1.54) is 20.3 Å². The minimum Gasteiger partial charge on any atom is -0.496 e. The van der Waals surface area contributed by atoms with Gasteiger partial charge in [-0.25, -0.2) is 0 Å². The third kappa shape index (κ3) is 5.76. The van der Waals surface area contributed by atoms with E-state index in [4.69, 9.17) is 14.2 Å². The van der Waals surface area contributed by atoms with Crippen LogP contribution in [0.4, 0.5) is 5.69 Å². The zero-order valence-electron chi connectivity index (χ0n) is 18.3. The molecule has 0 fully saturated rings. The normalized spacial score (nSPS) is 10.6. The van der Waals surface area contributed by atoms with E-state index in [9.17, 15) is 9.59 Å². The van der Waals surface area contributed by atoms with Crippen molar-refractivity contribution in [3.05, 3.63) is 89.5 Å². The number of hydrogen-bond acceptors (Lipinski definition) is 5. The molecule has 164 valence electrons. The molecule has 0 aliphatic heterocycles. The number of methoxy groups -OCH3 is 2. The second-order valence-electron chi connectivity index (χ2n) is 6.96. The molecular formula is C26H25NO5. The van der Waals surface area contributed by atoms with E-state index in [0.29, 0.717) is 22.8 Å². The average molecular weight is 431 g/mol. The summed E-state index contributed by atoms with van der Waals surface area (Å²) in [4.78, 5) is 24.7. The molecule has 3 aromatic rings. The molecule has 32 heavy (non-hydrogen) atoms. The Morgan fingerprint density at radius 1 is 0.875 bits per heavy atom. The van der Waals surface area contributed by atoms with Gasteiger partial charge in [0.15, 0.2) is 23.9 Å². The van der Waals surface area contributed by atoms with Gasteiger partial charge in [-0.1, -0.05) is 42.5 Å². The quantitative estimate of drug-likeness (QED) is 0.384. The number of hydrogen-bond donors (Lipinski definition) is 1. The molecule has 0 aromatic heterocycles. The van der Waals surface area contributed by atoms with Crippen molar-refractivity contribution in [3.63, 3.8) is 0 Å². The lowest BCUT2D eigenvalue weighted by Gasteiger charge is -2.12. The van der Waals surface area contributed by atoms with Crippen LogP contribution in [0.1, 0.15) is 21.5 Å². The third-order valence-electron chi connectivity index (χ3n) is 4.77. The Balaban J connectivity index is 1.65. The fourth-order valence-corrected chi connectivity index (χ4v) is 3.06. The lowest BCUT2D eigenvalue weighted by atomic mass is 10.1. The van der Waals surface area contributed by atoms with Crippen molar-refractivity contribution in [1.82, 2.24) is 0 Å². The fourth-order valence-electron chi connectivity index (χ4n) is 3.06. The van der Waals surface area contributed by atoms with Crippen molar-refractivity contribution in [2.75, 3.05) is 26.1 Å². The zero-order valence-corrected chi connectivity index (χ0v) is 18.3. The molecule has 0 radical (unpaired) electrons. The minimum absolute atomic E-state index is 0.161. The van der Waals surface area contributed by atoms with Crippen LogP contribution in [0.5, 0.6) is 17.2 Å². The van der Waals surface area contributed by atoms with Crippen LogP contribution in [0.15, 0.2) is 72.8 Å². The van der Waals surface area contributed by atoms with Crippen molar-refractivity contribution in [1.29, 1.82) is 0 Å². The van der Waals surface area contributed by atoms with Gasteiger partial charge in [-0.15, -0.1) is 0 Å². The monoisotopic (exact) mass is 431 g/mol. The molecule has 3 aromatic carbocycles. The highest BCUT2D eigenvalue weighted by Crippen LogP contribution is 2.29. The molecule has 0 saturated heterocycles. The van der Waals surface area contributed by atoms with Gasteiger partial charge < -0.3 is 19.5 Å². The predicted molar refractivity (Wildman–Crippen MR) is 125 cm³/mol. The molecule has 6 nitrogen and oxygen atoms in total. The summed E-state index contributed by atoms with van der Waals surface area (Å²) >= 11 is 0. The average Bonchev–Trinajstić information content (AvgIpc) is 2.82. The van der Waals surface area contributed by atoms with E-state index in [-0.39, 0.29) is 18.3 Å². The maximum absolute atomic E-state index is 12.5. The zero-order chi connectivity index (χ0) is 22.9. The first-order valence-corrected chi connectivity index (χ1v) is 10.0. The number of ether oxygens (including phenoxy) is 3. The lowest BCUT2D eigenvalue weighted by molar-refractivity contribution is -0.118. The number of anilines is 1. The van der Waals surface area contributed by atoms with Crippen LogP contribution in [0, 0.1) is 6.92 Å². The topological polar surface area (TPSA) is 73.9 Å². The molecule has 0 saturated carbocycles. The number of allylic oxidation sites excluding steroid dienone is 1. The molecule has 1 amide bonds. The molecule has 0 aliphatic carbocycles. The fraction of sp³-hybridized carbons (Fsp3) is 0.154. The number of carbonyl (C=O) groups is 2. The van der Waals surface area contributed by atoms with Crippen molar-refractivity contribution in [2.45, 2.75) is 6.92 Å². The largest absolute Gasteiger partial charge is 0.496 e. The summed E-state index contributed by atoms with van der Waals surface area (Å²) in [6.45, 7) is 1.76. The number of ketones is 1. The summed E-state index contributed by atoms with van der Waals surface area (Å²) in [5.41, 5.74) is 2.95. The lowest BCUT2D eigenvalue weighted by Crippen LogP contribution is -2.20. The molecule has 0 atom stereocenters. The number of rotatable bonds is 9. The van der Waals surface area contributed by atoms with Crippen LogP contribution in [0.25, 0.3) is 6.08 Å². The smallest absolute Gasteiger partial charge is 0.262 e. The summed E-state index contributed by atoms with van der Waals surface area (Å²) in [6, 6.07) is 19.8. The van der Waals surface area contributed by atoms with Crippen LogP contribution < -0.4 is 19.5 Å². The number of amides is 1. The molecule has 0 heterocycles. The summed E-state index contributed by atoms with van der Waals surface area (Å²) < 4.78 is 16.3. The van der Waals surface area contributed by atoms with E-state index >= 15 is 0 Å². The molecule has 0 bridgehead atoms. The highest BCUT2D eigenvalue weighted by Gasteiger charge is 2.11. The van der Waals surface area contributed by atoms with E-state index in [1.54, 1.807) is 42.5 Å². The van der Waals surface area contributed by atoms with Crippen LogP contribution in [-0.4, -0.2) is 32.5 Å². The summed E-state index contributed by atoms with van der Waals surface area (Å²) in [5, 5.41) is 2.82. The summed E-state index contributed by atoms with van der Waals surface area (Å²) in [5.74, 6) is 0.969. The van der Waals surface area contributed by atoms with Crippen LogP contribution in [0.2, 0.25) is 0 Å². The Hall–Kier alpha value is -4.06. The Bertz CT molecular complexity index is 1140. The SMILES string of the molecule is COc1cc(/C=C/C(=O)c2ccccc2OC)ccc1OCC(=O)Nc1ccccc1C. The Morgan fingerprint density at radius 2 is 1.59 bits per heavy atom. The van der Waals surface area contributed by atoms with Crippen molar-refractivity contribution in [2.24, 2.45) is 0 Å². The van der Waals surface area contributed by atoms with Gasteiger partial charge in [0.1, 0.15) is 5.75 Å². The van der Waals surface area contributed by atoms with Crippen LogP contribution in [-0.2, 0) is 4.79 Å². The van der Waals surface area contributed by atoms with E-state index in [1.807, 2.05) is 37.3 Å². The van der Waals surface area contributed by atoms with Gasteiger partial charge >= 0.3 is 0 Å². The number of nitrogens with one attached hydrogen (secondary N) is 1. The van der Waals surface area contributed by atoms with Gasteiger partial charge in [0.25, 0.3) is 5.91 Å². The molecule has 1 N–H and O–H groups in total. The van der Waals surface area contributed by atoms with Crippen molar-refractivity contribution in [3.8, 4) is 17.2 Å². The highest BCUT2D eigenvalue weighted by atomic mass is 16.5. The minimum atomic E-state index is -0.271. The Kier molecular flexibility index (Phi) is 7.65. The molecule has 6 heteroatoms. The molecule has 0 spiro atoms. The molecular weight excluding hydrogens is 406 g/mol. The first-order valence-electron chi connectivity index (χ1n) is 10.0. The van der Waals surface area contributed by atoms with Gasteiger partial charge in [0, 0.05) is 5.69 Å². The maximum atomic E-state index is 12.5. The standard InChI is InChI=1S/C26H25NO5/c1-18-8-4-6-10-21(18)27-26(29)17-32-24-15-13-19(16-25(24)31-3)12-14-22(28)20-9-5-7-11-23(20)30-2/h4-16H,17H2,1-3H3,(H,27,29)/b14-12+. The molecule has 0 aliphatic rings. The maximum Gasteiger partial charge on any atom is 0.262 e. The highest BCUT2D eigenvalue weighted by molar-refractivity contribution is 6.08. The third-order valence-corrected chi connectivity index (χ3v) is 4.77. The molecule has 0 unspecified atom stereocenters. The number of aryl methyl sites for hydroxylation is 1. The van der Waals surface area contributed by atoms with Crippen molar-refractivity contribution >= 4 is 23.5 Å². The van der Waals surface area contributed by atoms with Gasteiger partial charge in [0.05, 0.1) is 19.8 Å². The van der Waals surface area contributed by atoms with Crippen LogP contribution >= 0.6 is 0 Å². The van der Waals surface area contributed by atoms with E-state index < -0.39 is 0 Å².